The lowest BCUT2D eigenvalue weighted by molar-refractivity contribution is -0.119. The quantitative estimate of drug-likeness (QED) is 0.357. The summed E-state index contributed by atoms with van der Waals surface area (Å²) in [5.41, 5.74) is -0.590. The van der Waals surface area contributed by atoms with Crippen molar-refractivity contribution in [1.82, 2.24) is 0 Å². The first-order chi connectivity index (χ1) is 10.3. The van der Waals surface area contributed by atoms with Crippen LogP contribution >= 0.6 is 0 Å². The molecule has 0 aromatic heterocycles. The lowest BCUT2D eigenvalue weighted by Gasteiger charge is -2.21. The van der Waals surface area contributed by atoms with E-state index in [0.29, 0.717) is 25.7 Å². The number of rotatable bonds is 11. The molecule has 5 nitrogen and oxygen atoms in total. The molecule has 0 aliphatic heterocycles. The third-order valence-electron chi connectivity index (χ3n) is 2.96. The van der Waals surface area contributed by atoms with E-state index in [0.717, 1.165) is 19.3 Å². The number of ether oxygens (including phenoxy) is 2. The van der Waals surface area contributed by atoms with Crippen LogP contribution in [-0.4, -0.2) is 35.4 Å². The van der Waals surface area contributed by atoms with Crippen molar-refractivity contribution in [3.63, 3.8) is 0 Å². The molecule has 1 atom stereocenters. The molecule has 0 rings (SSSR count). The highest BCUT2D eigenvalue weighted by Crippen LogP contribution is 2.13. The molecule has 0 saturated heterocycles. The second kappa shape index (κ2) is 11.2. The molecule has 0 amide bonds. The molecule has 0 fully saturated rings. The number of hydrogen-bond donors (Lipinski definition) is 1. The predicted molar refractivity (Wildman–Crippen MR) is 85.7 cm³/mol. The van der Waals surface area contributed by atoms with Gasteiger partial charge in [0.15, 0.2) is 0 Å². The zero-order chi connectivity index (χ0) is 17.0. The van der Waals surface area contributed by atoms with Gasteiger partial charge in [0, 0.05) is 19.4 Å². The van der Waals surface area contributed by atoms with Gasteiger partial charge in [-0.25, -0.2) is 4.79 Å². The number of carbonyl (C=O) groups is 2. The Bertz CT molecular complexity index is 343. The SMILES string of the molecule is C=CC(CCCC(=O)CCCCCO)OC(=O)OC(C)(C)C. The van der Waals surface area contributed by atoms with Gasteiger partial charge in [0.05, 0.1) is 0 Å². The van der Waals surface area contributed by atoms with Gasteiger partial charge in [0.2, 0.25) is 0 Å². The minimum atomic E-state index is -0.715. The Hall–Kier alpha value is -1.36. The Morgan fingerprint density at radius 2 is 1.77 bits per heavy atom. The summed E-state index contributed by atoms with van der Waals surface area (Å²) in [6.45, 7) is 9.13. The van der Waals surface area contributed by atoms with E-state index in [1.807, 2.05) is 0 Å². The first kappa shape index (κ1) is 20.6. The summed E-state index contributed by atoms with van der Waals surface area (Å²) in [4.78, 5) is 23.2. The Morgan fingerprint density at radius 1 is 1.14 bits per heavy atom. The Kier molecular flexibility index (Phi) is 10.5. The van der Waals surface area contributed by atoms with Gasteiger partial charge in [0.25, 0.3) is 0 Å². The lowest BCUT2D eigenvalue weighted by atomic mass is 10.0. The first-order valence-electron chi connectivity index (χ1n) is 7.93. The van der Waals surface area contributed by atoms with Crippen LogP contribution in [-0.2, 0) is 14.3 Å². The van der Waals surface area contributed by atoms with Gasteiger partial charge < -0.3 is 14.6 Å². The number of unbranched alkanes of at least 4 members (excludes halogenated alkanes) is 2. The second-order valence-electron chi connectivity index (χ2n) is 6.32. The molecule has 1 N–H and O–H groups in total. The molecule has 5 heteroatoms. The molecular weight excluding hydrogens is 284 g/mol. The molecule has 128 valence electrons. The Labute approximate surface area is 133 Å². The van der Waals surface area contributed by atoms with Gasteiger partial charge in [0.1, 0.15) is 17.5 Å². The highest BCUT2D eigenvalue weighted by atomic mass is 16.7. The van der Waals surface area contributed by atoms with Crippen LogP contribution in [0.4, 0.5) is 4.79 Å². The highest BCUT2D eigenvalue weighted by Gasteiger charge is 2.20. The maximum absolute atomic E-state index is 11.7. The molecule has 0 aliphatic rings. The molecule has 0 heterocycles. The first-order valence-corrected chi connectivity index (χ1v) is 7.93. The largest absolute Gasteiger partial charge is 0.509 e. The number of carbonyl (C=O) groups excluding carboxylic acids is 2. The maximum Gasteiger partial charge on any atom is 0.509 e. The van der Waals surface area contributed by atoms with Crippen molar-refractivity contribution in [2.24, 2.45) is 0 Å². The van der Waals surface area contributed by atoms with E-state index >= 15 is 0 Å². The van der Waals surface area contributed by atoms with Crippen molar-refractivity contribution >= 4 is 11.9 Å². The van der Waals surface area contributed by atoms with Crippen LogP contribution in [0.15, 0.2) is 12.7 Å². The summed E-state index contributed by atoms with van der Waals surface area (Å²) in [6.07, 6.45) is 5.07. The fraction of sp³-hybridized carbons (Fsp3) is 0.765. The topological polar surface area (TPSA) is 72.8 Å². The summed E-state index contributed by atoms with van der Waals surface area (Å²) in [5, 5.41) is 8.66. The van der Waals surface area contributed by atoms with Gasteiger partial charge in [-0.05, 0) is 46.5 Å². The van der Waals surface area contributed by atoms with Crippen molar-refractivity contribution in [3.8, 4) is 0 Å². The summed E-state index contributed by atoms with van der Waals surface area (Å²) >= 11 is 0. The smallest absolute Gasteiger partial charge is 0.429 e. The van der Waals surface area contributed by atoms with Gasteiger partial charge in [-0.1, -0.05) is 19.1 Å². The normalized spacial score (nSPS) is 12.5. The van der Waals surface area contributed by atoms with Crippen molar-refractivity contribution in [2.75, 3.05) is 6.61 Å². The van der Waals surface area contributed by atoms with E-state index < -0.39 is 17.9 Å². The van der Waals surface area contributed by atoms with Crippen molar-refractivity contribution < 1.29 is 24.2 Å². The van der Waals surface area contributed by atoms with Crippen LogP contribution in [0.25, 0.3) is 0 Å². The summed E-state index contributed by atoms with van der Waals surface area (Å²) in [6, 6.07) is 0. The average Bonchev–Trinajstić information content (AvgIpc) is 2.40. The summed E-state index contributed by atoms with van der Waals surface area (Å²) < 4.78 is 10.2. The minimum Gasteiger partial charge on any atom is -0.429 e. The van der Waals surface area contributed by atoms with Crippen molar-refractivity contribution in [2.45, 2.75) is 77.4 Å². The Morgan fingerprint density at radius 3 is 2.32 bits per heavy atom. The molecular formula is C17H30O5. The number of aliphatic hydroxyl groups is 1. The zero-order valence-corrected chi connectivity index (χ0v) is 14.1. The average molecular weight is 314 g/mol. The fourth-order valence-corrected chi connectivity index (χ4v) is 1.86. The van der Waals surface area contributed by atoms with Gasteiger partial charge in [-0.15, -0.1) is 0 Å². The molecule has 0 aliphatic carbocycles. The predicted octanol–water partition coefficient (Wildman–Crippen LogP) is 3.78. The number of hydrogen-bond acceptors (Lipinski definition) is 5. The van der Waals surface area contributed by atoms with Crippen LogP contribution in [0.3, 0.4) is 0 Å². The number of Topliss-reactive ketones (excluding diaryl/α,β-unsaturated/α-hetero) is 1. The maximum atomic E-state index is 11.7. The molecule has 22 heavy (non-hydrogen) atoms. The van der Waals surface area contributed by atoms with E-state index in [4.69, 9.17) is 14.6 Å². The molecule has 0 saturated carbocycles. The van der Waals surface area contributed by atoms with E-state index in [-0.39, 0.29) is 12.4 Å². The van der Waals surface area contributed by atoms with Gasteiger partial charge >= 0.3 is 6.16 Å². The van der Waals surface area contributed by atoms with Crippen LogP contribution in [0.5, 0.6) is 0 Å². The summed E-state index contributed by atoms with van der Waals surface area (Å²) in [7, 11) is 0. The van der Waals surface area contributed by atoms with Crippen LogP contribution < -0.4 is 0 Å². The van der Waals surface area contributed by atoms with Gasteiger partial charge in [-0.3, -0.25) is 4.79 Å². The van der Waals surface area contributed by atoms with Crippen molar-refractivity contribution in [3.05, 3.63) is 12.7 Å². The lowest BCUT2D eigenvalue weighted by Crippen LogP contribution is -2.27. The van der Waals surface area contributed by atoms with E-state index in [2.05, 4.69) is 6.58 Å². The molecule has 0 spiro atoms. The minimum absolute atomic E-state index is 0.178. The Balaban J connectivity index is 3.88. The third kappa shape index (κ3) is 12.4. The second-order valence-corrected chi connectivity index (χ2v) is 6.32. The third-order valence-corrected chi connectivity index (χ3v) is 2.96. The van der Waals surface area contributed by atoms with Crippen LogP contribution in [0, 0.1) is 0 Å². The standard InChI is InChI=1S/C17H30O5/c1-5-15(21-16(20)22-17(2,3)4)12-9-11-14(19)10-7-6-8-13-18/h5,15,18H,1,6-13H2,2-4H3. The van der Waals surface area contributed by atoms with Crippen LogP contribution in [0.1, 0.15) is 65.7 Å². The van der Waals surface area contributed by atoms with Gasteiger partial charge in [-0.2, -0.15) is 0 Å². The molecule has 0 aromatic carbocycles. The van der Waals surface area contributed by atoms with E-state index in [1.54, 1.807) is 26.8 Å². The zero-order valence-electron chi connectivity index (χ0n) is 14.1. The molecule has 1 unspecified atom stereocenters. The molecule has 0 radical (unpaired) electrons. The molecule has 0 bridgehead atoms. The van der Waals surface area contributed by atoms with Crippen molar-refractivity contribution in [1.29, 1.82) is 0 Å². The fourth-order valence-electron chi connectivity index (χ4n) is 1.86. The monoisotopic (exact) mass is 314 g/mol. The van der Waals surface area contributed by atoms with E-state index in [1.165, 1.54) is 0 Å². The van der Waals surface area contributed by atoms with Crippen LogP contribution in [0.2, 0.25) is 0 Å². The van der Waals surface area contributed by atoms with E-state index in [9.17, 15) is 9.59 Å². The number of ketones is 1. The number of aliphatic hydroxyl groups excluding tert-OH is 1. The highest BCUT2D eigenvalue weighted by molar-refractivity contribution is 5.78. The summed E-state index contributed by atoms with van der Waals surface area (Å²) in [5.74, 6) is 0.207. The molecule has 0 aromatic rings.